The summed E-state index contributed by atoms with van der Waals surface area (Å²) in [6.45, 7) is 3.51. The first-order valence-corrected chi connectivity index (χ1v) is 12.5. The quantitative estimate of drug-likeness (QED) is 0.424. The Bertz CT molecular complexity index is 1220. The van der Waals surface area contributed by atoms with Gasteiger partial charge in [0.2, 0.25) is 15.9 Å². The molecule has 3 aromatic rings. The molecule has 1 amide bonds. The minimum atomic E-state index is -4.07. The van der Waals surface area contributed by atoms with Crippen molar-refractivity contribution in [1.29, 1.82) is 0 Å². The van der Waals surface area contributed by atoms with Crippen LogP contribution in [0.5, 0.6) is 5.75 Å². The molecule has 0 saturated carbocycles. The van der Waals surface area contributed by atoms with E-state index in [2.05, 4.69) is 5.32 Å². The zero-order valence-electron chi connectivity index (χ0n) is 18.9. The van der Waals surface area contributed by atoms with E-state index in [0.29, 0.717) is 17.9 Å². The maximum absolute atomic E-state index is 13.5. The van der Waals surface area contributed by atoms with Crippen LogP contribution < -0.4 is 10.1 Å². The summed E-state index contributed by atoms with van der Waals surface area (Å²) >= 11 is 6.22. The van der Waals surface area contributed by atoms with Crippen LogP contribution in [0.25, 0.3) is 0 Å². The molecule has 0 fully saturated rings. The first kappa shape index (κ1) is 25.7. The zero-order valence-corrected chi connectivity index (χ0v) is 20.4. The Morgan fingerprint density at radius 1 is 1.09 bits per heavy atom. The first-order chi connectivity index (χ1) is 16.2. The van der Waals surface area contributed by atoms with E-state index in [1.807, 2.05) is 6.07 Å². The van der Waals surface area contributed by atoms with Crippen molar-refractivity contribution in [3.63, 3.8) is 0 Å². The van der Waals surface area contributed by atoms with E-state index in [1.54, 1.807) is 50.2 Å². The van der Waals surface area contributed by atoms with E-state index in [0.717, 1.165) is 9.87 Å². The first-order valence-electron chi connectivity index (χ1n) is 10.7. The second-order valence-electron chi connectivity index (χ2n) is 7.62. The molecule has 0 saturated heterocycles. The van der Waals surface area contributed by atoms with Crippen molar-refractivity contribution in [3.05, 3.63) is 94.8 Å². The molecule has 1 N–H and O–H groups in total. The maximum atomic E-state index is 13.5. The van der Waals surface area contributed by atoms with Crippen LogP contribution in [-0.4, -0.2) is 31.8 Å². The van der Waals surface area contributed by atoms with E-state index in [1.165, 1.54) is 30.3 Å². The summed E-state index contributed by atoms with van der Waals surface area (Å²) in [4.78, 5) is 12.8. The van der Waals surface area contributed by atoms with Gasteiger partial charge in [-0.15, -0.1) is 0 Å². The fourth-order valence-corrected chi connectivity index (χ4v) is 5.07. The minimum Gasteiger partial charge on any atom is -0.492 e. The normalized spacial score (nSPS) is 12.4. The van der Waals surface area contributed by atoms with E-state index in [-0.39, 0.29) is 22.3 Å². The lowest BCUT2D eigenvalue weighted by Gasteiger charge is -2.23. The van der Waals surface area contributed by atoms with Crippen molar-refractivity contribution in [2.24, 2.45) is 0 Å². The third-order valence-electron chi connectivity index (χ3n) is 5.11. The second-order valence-corrected chi connectivity index (χ2v) is 9.97. The Morgan fingerprint density at radius 3 is 2.38 bits per heavy atom. The van der Waals surface area contributed by atoms with Gasteiger partial charge in [0.1, 0.15) is 11.6 Å². The Hall–Kier alpha value is -2.94. The lowest BCUT2D eigenvalue weighted by Crippen LogP contribution is -2.41. The lowest BCUT2D eigenvalue weighted by molar-refractivity contribution is -0.122. The summed E-state index contributed by atoms with van der Waals surface area (Å²) in [5.41, 5.74) is 1.42. The highest BCUT2D eigenvalue weighted by Gasteiger charge is 2.28. The molecule has 0 unspecified atom stereocenters. The molecule has 1 atom stereocenters. The zero-order chi connectivity index (χ0) is 24.7. The van der Waals surface area contributed by atoms with E-state index < -0.39 is 28.5 Å². The van der Waals surface area contributed by atoms with Crippen molar-refractivity contribution in [1.82, 2.24) is 9.62 Å². The number of carbonyl (C=O) groups excluding carboxylic acids is 1. The van der Waals surface area contributed by atoms with Gasteiger partial charge in [-0.3, -0.25) is 4.79 Å². The largest absolute Gasteiger partial charge is 0.492 e. The predicted octanol–water partition coefficient (Wildman–Crippen LogP) is 4.95. The standard InChI is InChI=1S/C25H26ClFN2O4S/c1-3-33-24-14-13-22(15-23(24)26)34(31,32)29(16-19-7-5-4-6-8-19)17-25(30)28-18(2)20-9-11-21(27)12-10-20/h4-15,18H,3,16-17H2,1-2H3,(H,28,30)/t18-/m0/s1. The monoisotopic (exact) mass is 504 g/mol. The number of hydrogen-bond donors (Lipinski definition) is 1. The Kier molecular flexibility index (Phi) is 8.66. The lowest BCUT2D eigenvalue weighted by atomic mass is 10.1. The predicted molar refractivity (Wildman–Crippen MR) is 130 cm³/mol. The number of carbonyl (C=O) groups is 1. The van der Waals surface area contributed by atoms with Crippen LogP contribution in [0, 0.1) is 5.82 Å². The van der Waals surface area contributed by atoms with Crippen LogP contribution in [0.1, 0.15) is 31.0 Å². The summed E-state index contributed by atoms with van der Waals surface area (Å²) in [6, 6.07) is 18.5. The molecule has 34 heavy (non-hydrogen) atoms. The fraction of sp³-hybridized carbons (Fsp3) is 0.240. The maximum Gasteiger partial charge on any atom is 0.243 e. The van der Waals surface area contributed by atoms with Gasteiger partial charge >= 0.3 is 0 Å². The molecule has 0 spiro atoms. The molecule has 3 rings (SSSR count). The van der Waals surface area contributed by atoms with E-state index in [9.17, 15) is 17.6 Å². The fourth-order valence-electron chi connectivity index (χ4n) is 3.36. The van der Waals surface area contributed by atoms with Gasteiger partial charge in [-0.25, -0.2) is 12.8 Å². The number of benzene rings is 3. The van der Waals surface area contributed by atoms with Crippen LogP contribution in [0.3, 0.4) is 0 Å². The number of nitrogens with one attached hydrogen (secondary N) is 1. The summed E-state index contributed by atoms with van der Waals surface area (Å²) in [5, 5.41) is 2.94. The van der Waals surface area contributed by atoms with Gasteiger partial charge in [0.05, 0.1) is 29.1 Å². The molecule has 6 nitrogen and oxygen atoms in total. The van der Waals surface area contributed by atoms with Gasteiger partial charge in [-0.2, -0.15) is 4.31 Å². The van der Waals surface area contributed by atoms with Crippen LogP contribution in [0.15, 0.2) is 77.7 Å². The van der Waals surface area contributed by atoms with Crippen LogP contribution in [0.2, 0.25) is 5.02 Å². The summed E-state index contributed by atoms with van der Waals surface area (Å²) in [5.74, 6) is -0.492. The third-order valence-corrected chi connectivity index (χ3v) is 7.19. The van der Waals surface area contributed by atoms with Crippen molar-refractivity contribution in [2.75, 3.05) is 13.2 Å². The number of amides is 1. The average Bonchev–Trinajstić information content (AvgIpc) is 2.81. The van der Waals surface area contributed by atoms with Crippen molar-refractivity contribution < 1.29 is 22.3 Å². The molecule has 0 aromatic heterocycles. The third kappa shape index (κ3) is 6.56. The molecule has 0 radical (unpaired) electrons. The molecule has 0 aliphatic heterocycles. The average molecular weight is 505 g/mol. The molecule has 3 aromatic carbocycles. The number of hydrogen-bond acceptors (Lipinski definition) is 4. The smallest absolute Gasteiger partial charge is 0.243 e. The van der Waals surface area contributed by atoms with Crippen molar-refractivity contribution >= 4 is 27.5 Å². The van der Waals surface area contributed by atoms with Crippen molar-refractivity contribution in [2.45, 2.75) is 31.3 Å². The van der Waals surface area contributed by atoms with Crippen molar-refractivity contribution in [3.8, 4) is 5.75 Å². The van der Waals surface area contributed by atoms with E-state index >= 15 is 0 Å². The number of sulfonamides is 1. The highest BCUT2D eigenvalue weighted by molar-refractivity contribution is 7.89. The number of ether oxygens (including phenoxy) is 1. The Morgan fingerprint density at radius 2 is 1.76 bits per heavy atom. The van der Waals surface area contributed by atoms with Crippen LogP contribution in [-0.2, 0) is 21.4 Å². The molecule has 0 aliphatic rings. The minimum absolute atomic E-state index is 0.00759. The Labute approximate surface area is 204 Å². The van der Waals surface area contributed by atoms with Gasteiger partial charge in [0.25, 0.3) is 0 Å². The number of halogens is 2. The Balaban J connectivity index is 1.85. The molecular formula is C25H26ClFN2O4S. The molecule has 9 heteroatoms. The SMILES string of the molecule is CCOc1ccc(S(=O)(=O)N(CC(=O)N[C@@H](C)c2ccc(F)cc2)Cc2ccccc2)cc1Cl. The van der Waals surface area contributed by atoms with Gasteiger partial charge in [0.15, 0.2) is 0 Å². The van der Waals surface area contributed by atoms with Gasteiger partial charge in [0, 0.05) is 6.54 Å². The number of nitrogens with zero attached hydrogens (tertiary/aromatic N) is 1. The number of rotatable bonds is 10. The van der Waals surface area contributed by atoms with E-state index in [4.69, 9.17) is 16.3 Å². The summed E-state index contributed by atoms with van der Waals surface area (Å²) in [7, 11) is -4.07. The highest BCUT2D eigenvalue weighted by Crippen LogP contribution is 2.29. The molecular weight excluding hydrogens is 479 g/mol. The summed E-state index contributed by atoms with van der Waals surface area (Å²) in [6.07, 6.45) is 0. The summed E-state index contributed by atoms with van der Waals surface area (Å²) < 4.78 is 46.7. The molecule has 0 heterocycles. The second kappa shape index (κ2) is 11.5. The van der Waals surface area contributed by atoms with Gasteiger partial charge < -0.3 is 10.1 Å². The topological polar surface area (TPSA) is 75.7 Å². The molecule has 180 valence electrons. The van der Waals surface area contributed by atoms with Crippen LogP contribution in [0.4, 0.5) is 4.39 Å². The molecule has 0 bridgehead atoms. The van der Waals surface area contributed by atoms with Gasteiger partial charge in [-0.05, 0) is 55.3 Å². The molecule has 0 aliphatic carbocycles. The highest BCUT2D eigenvalue weighted by atomic mass is 35.5. The van der Waals surface area contributed by atoms with Crippen LogP contribution >= 0.6 is 11.6 Å². The van der Waals surface area contributed by atoms with Gasteiger partial charge in [-0.1, -0.05) is 54.1 Å².